The van der Waals surface area contributed by atoms with Crippen LogP contribution in [0.2, 0.25) is 0 Å². The molecule has 0 radical (unpaired) electrons. The Morgan fingerprint density at radius 3 is 2.76 bits per heavy atom. The summed E-state index contributed by atoms with van der Waals surface area (Å²) in [6.45, 7) is 7.72. The maximum atomic E-state index is 5.53. The van der Waals surface area contributed by atoms with Crippen molar-refractivity contribution in [1.29, 1.82) is 0 Å². The van der Waals surface area contributed by atoms with Crippen LogP contribution < -0.4 is 16.0 Å². The lowest BCUT2D eigenvalue weighted by Gasteiger charge is -2.19. The molecule has 0 amide bonds. The van der Waals surface area contributed by atoms with E-state index < -0.39 is 0 Å². The van der Waals surface area contributed by atoms with Crippen molar-refractivity contribution in [2.75, 3.05) is 30.4 Å². The predicted octanol–water partition coefficient (Wildman–Crippen LogP) is 1.39. The zero-order chi connectivity index (χ0) is 12.8. The molecule has 0 fully saturated rings. The van der Waals surface area contributed by atoms with Crippen LogP contribution in [0.4, 0.5) is 11.6 Å². The van der Waals surface area contributed by atoms with Crippen molar-refractivity contribution >= 4 is 11.6 Å². The van der Waals surface area contributed by atoms with Crippen LogP contribution in [0.5, 0.6) is 0 Å². The average Bonchev–Trinajstić information content (AvgIpc) is 2.27. The van der Waals surface area contributed by atoms with E-state index in [1.165, 1.54) is 0 Å². The van der Waals surface area contributed by atoms with Crippen molar-refractivity contribution in [3.8, 4) is 0 Å². The van der Waals surface area contributed by atoms with E-state index in [-0.39, 0.29) is 0 Å². The zero-order valence-corrected chi connectivity index (χ0v) is 11.2. The van der Waals surface area contributed by atoms with Crippen molar-refractivity contribution in [3.05, 3.63) is 11.9 Å². The van der Waals surface area contributed by atoms with Gasteiger partial charge < -0.3 is 16.0 Å². The topological polar surface area (TPSA) is 67.1 Å². The van der Waals surface area contributed by atoms with E-state index >= 15 is 0 Å². The van der Waals surface area contributed by atoms with Crippen LogP contribution in [0.15, 0.2) is 6.07 Å². The van der Waals surface area contributed by atoms with E-state index in [0.29, 0.717) is 12.6 Å². The number of aryl methyl sites for hydroxylation is 1. The molecule has 0 aliphatic rings. The fraction of sp³-hybridized carbons (Fsp3) is 0.667. The number of nitrogens with two attached hydrogens (primary N) is 1. The van der Waals surface area contributed by atoms with E-state index in [1.807, 2.05) is 20.0 Å². The van der Waals surface area contributed by atoms with Gasteiger partial charge in [-0.1, -0.05) is 0 Å². The smallest absolute Gasteiger partial charge is 0.134 e. The molecule has 1 heterocycles. The lowest BCUT2D eigenvalue weighted by molar-refractivity contribution is 0.712. The van der Waals surface area contributed by atoms with Crippen molar-refractivity contribution in [2.24, 2.45) is 5.73 Å². The van der Waals surface area contributed by atoms with Gasteiger partial charge in [0.25, 0.3) is 0 Å². The van der Waals surface area contributed by atoms with E-state index in [9.17, 15) is 0 Å². The van der Waals surface area contributed by atoms with E-state index in [2.05, 4.69) is 34.0 Å². The van der Waals surface area contributed by atoms with Crippen molar-refractivity contribution in [1.82, 2.24) is 9.97 Å². The van der Waals surface area contributed by atoms with Crippen LogP contribution in [-0.4, -0.2) is 36.1 Å². The Kier molecular flexibility index (Phi) is 5.15. The number of aromatic nitrogens is 2. The number of nitrogens with zero attached hydrogens (tertiary/aromatic N) is 3. The minimum atomic E-state index is 0.328. The van der Waals surface area contributed by atoms with Gasteiger partial charge in [-0.05, 0) is 33.7 Å². The molecule has 0 aliphatic carbocycles. The highest BCUT2D eigenvalue weighted by Crippen LogP contribution is 2.15. The number of rotatable bonds is 6. The van der Waals surface area contributed by atoms with Gasteiger partial charge in [-0.2, -0.15) is 0 Å². The van der Waals surface area contributed by atoms with Gasteiger partial charge in [0.2, 0.25) is 0 Å². The molecule has 0 spiro atoms. The minimum Gasteiger partial charge on any atom is -0.367 e. The van der Waals surface area contributed by atoms with Gasteiger partial charge >= 0.3 is 0 Å². The Balaban J connectivity index is 2.82. The van der Waals surface area contributed by atoms with Crippen LogP contribution in [0.1, 0.15) is 26.1 Å². The van der Waals surface area contributed by atoms with E-state index in [4.69, 9.17) is 5.73 Å². The van der Waals surface area contributed by atoms with Gasteiger partial charge in [0.15, 0.2) is 0 Å². The molecule has 1 unspecified atom stereocenters. The van der Waals surface area contributed by atoms with Gasteiger partial charge in [0, 0.05) is 25.7 Å². The Labute approximate surface area is 103 Å². The highest BCUT2D eigenvalue weighted by molar-refractivity contribution is 5.49. The summed E-state index contributed by atoms with van der Waals surface area (Å²) in [7, 11) is 2.02. The molecule has 0 aliphatic heterocycles. The first-order valence-electron chi connectivity index (χ1n) is 6.10. The van der Waals surface area contributed by atoms with Crippen molar-refractivity contribution in [2.45, 2.75) is 33.2 Å². The Bertz CT molecular complexity index is 353. The molecule has 0 saturated carbocycles. The lowest BCUT2D eigenvalue weighted by atomic mass is 10.2. The molecule has 5 heteroatoms. The number of hydrogen-bond donors (Lipinski definition) is 2. The molecule has 5 nitrogen and oxygen atoms in total. The fourth-order valence-corrected chi connectivity index (χ4v) is 1.56. The second kappa shape index (κ2) is 6.39. The highest BCUT2D eigenvalue weighted by Gasteiger charge is 2.07. The summed E-state index contributed by atoms with van der Waals surface area (Å²) in [5.74, 6) is 2.60. The van der Waals surface area contributed by atoms with E-state index in [1.54, 1.807) is 0 Å². The molecule has 3 N–H and O–H groups in total. The quantitative estimate of drug-likeness (QED) is 0.782. The van der Waals surface area contributed by atoms with Crippen LogP contribution in [0.25, 0.3) is 0 Å². The second-order valence-corrected chi connectivity index (χ2v) is 4.30. The summed E-state index contributed by atoms with van der Waals surface area (Å²) in [6.07, 6.45) is 0.933. The largest absolute Gasteiger partial charge is 0.367 e. The summed E-state index contributed by atoms with van der Waals surface area (Å²) in [6, 6.07) is 2.30. The summed E-state index contributed by atoms with van der Waals surface area (Å²) in [5.41, 5.74) is 5.53. The molecular formula is C12H23N5. The molecule has 96 valence electrons. The van der Waals surface area contributed by atoms with Gasteiger partial charge in [0.05, 0.1) is 0 Å². The maximum Gasteiger partial charge on any atom is 0.134 e. The normalized spacial score (nSPS) is 12.3. The fourth-order valence-electron chi connectivity index (χ4n) is 1.56. The standard InChI is InChI=1S/C12H23N5/c1-5-17(4)12-8-11(15-10(3)16-12)14-9(2)6-7-13/h8-9H,5-7,13H2,1-4H3,(H,14,15,16). The van der Waals surface area contributed by atoms with Crippen LogP contribution in [0, 0.1) is 6.92 Å². The Morgan fingerprint density at radius 2 is 2.18 bits per heavy atom. The van der Waals surface area contributed by atoms with Crippen molar-refractivity contribution in [3.63, 3.8) is 0 Å². The number of hydrogen-bond acceptors (Lipinski definition) is 5. The molecule has 17 heavy (non-hydrogen) atoms. The molecule has 1 aromatic rings. The van der Waals surface area contributed by atoms with Gasteiger partial charge in [-0.15, -0.1) is 0 Å². The van der Waals surface area contributed by atoms with Gasteiger partial charge in [-0.25, -0.2) is 9.97 Å². The average molecular weight is 237 g/mol. The van der Waals surface area contributed by atoms with Crippen LogP contribution >= 0.6 is 0 Å². The third kappa shape index (κ3) is 4.19. The summed E-state index contributed by atoms with van der Waals surface area (Å²) < 4.78 is 0. The molecule has 1 atom stereocenters. The SMILES string of the molecule is CCN(C)c1cc(NC(C)CCN)nc(C)n1. The summed E-state index contributed by atoms with van der Waals surface area (Å²) in [4.78, 5) is 10.9. The predicted molar refractivity (Wildman–Crippen MR) is 72.5 cm³/mol. The highest BCUT2D eigenvalue weighted by atomic mass is 15.2. The molecule has 0 saturated heterocycles. The maximum absolute atomic E-state index is 5.53. The molecule has 1 aromatic heterocycles. The zero-order valence-electron chi connectivity index (χ0n) is 11.2. The molecule has 0 aromatic carbocycles. The number of anilines is 2. The van der Waals surface area contributed by atoms with Gasteiger partial charge in [-0.3, -0.25) is 0 Å². The lowest BCUT2D eigenvalue weighted by Crippen LogP contribution is -2.22. The molecule has 0 bridgehead atoms. The summed E-state index contributed by atoms with van der Waals surface area (Å²) >= 11 is 0. The second-order valence-electron chi connectivity index (χ2n) is 4.30. The Morgan fingerprint density at radius 1 is 1.47 bits per heavy atom. The third-order valence-electron chi connectivity index (χ3n) is 2.68. The summed E-state index contributed by atoms with van der Waals surface area (Å²) in [5, 5.41) is 3.35. The molecule has 1 rings (SSSR count). The Hall–Kier alpha value is -1.36. The first-order chi connectivity index (χ1) is 8.06. The van der Waals surface area contributed by atoms with Crippen molar-refractivity contribution < 1.29 is 0 Å². The van der Waals surface area contributed by atoms with Crippen LogP contribution in [-0.2, 0) is 0 Å². The first kappa shape index (κ1) is 13.7. The van der Waals surface area contributed by atoms with Crippen LogP contribution in [0.3, 0.4) is 0 Å². The number of nitrogens with one attached hydrogen (secondary N) is 1. The van der Waals surface area contributed by atoms with E-state index in [0.717, 1.165) is 30.4 Å². The molecular weight excluding hydrogens is 214 g/mol. The first-order valence-corrected chi connectivity index (χ1v) is 6.10. The third-order valence-corrected chi connectivity index (χ3v) is 2.68. The van der Waals surface area contributed by atoms with Gasteiger partial charge in [0.1, 0.15) is 17.5 Å². The monoisotopic (exact) mass is 237 g/mol. The minimum absolute atomic E-state index is 0.328.